The number of nitrogens with one attached hydrogen (secondary N) is 2. The van der Waals surface area contributed by atoms with Gasteiger partial charge in [0.25, 0.3) is 0 Å². The fourth-order valence-corrected chi connectivity index (χ4v) is 3.10. The number of hydrogen-bond donors (Lipinski definition) is 2. The number of hydrogen-bond acceptors (Lipinski definition) is 4. The maximum atomic E-state index is 12.0. The number of pyridine rings is 1. The van der Waals surface area contributed by atoms with Crippen molar-refractivity contribution in [1.82, 2.24) is 15.3 Å². The molecule has 0 aliphatic carbocycles. The van der Waals surface area contributed by atoms with Crippen molar-refractivity contribution < 1.29 is 4.79 Å². The zero-order valence-corrected chi connectivity index (χ0v) is 16.0. The average Bonchev–Trinajstić information content (AvgIpc) is 2.70. The summed E-state index contributed by atoms with van der Waals surface area (Å²) in [6, 6.07) is 13.2. The van der Waals surface area contributed by atoms with Gasteiger partial charge in [-0.3, -0.25) is 9.88 Å². The number of benzene rings is 1. The van der Waals surface area contributed by atoms with Crippen LogP contribution < -0.4 is 10.7 Å². The van der Waals surface area contributed by atoms with Gasteiger partial charge < -0.3 is 5.32 Å². The number of piperidine rings is 1. The summed E-state index contributed by atoms with van der Waals surface area (Å²) in [5.41, 5.74) is 5.89. The van der Waals surface area contributed by atoms with Crippen LogP contribution in [0.25, 0.3) is 0 Å². The molecule has 142 valence electrons. The summed E-state index contributed by atoms with van der Waals surface area (Å²) in [4.78, 5) is 18.7. The van der Waals surface area contributed by atoms with Gasteiger partial charge in [0, 0.05) is 18.4 Å². The van der Waals surface area contributed by atoms with Crippen molar-refractivity contribution >= 4 is 17.4 Å². The third-order valence-corrected chi connectivity index (χ3v) is 4.85. The fourth-order valence-electron chi connectivity index (χ4n) is 3.10. The maximum Gasteiger partial charge on any atom is 0.339 e. The van der Waals surface area contributed by atoms with Crippen LogP contribution in [0, 0.1) is 5.92 Å². The number of amides is 2. The molecule has 3 rings (SSSR count). The van der Waals surface area contributed by atoms with Gasteiger partial charge >= 0.3 is 6.03 Å². The lowest BCUT2D eigenvalue weighted by atomic mass is 9.99. The summed E-state index contributed by atoms with van der Waals surface area (Å²) in [6.45, 7) is 7.42. The van der Waals surface area contributed by atoms with Gasteiger partial charge in [0.1, 0.15) is 0 Å². The van der Waals surface area contributed by atoms with E-state index in [4.69, 9.17) is 0 Å². The molecule has 6 nitrogen and oxygen atoms in total. The molecule has 0 spiro atoms. The molecular weight excluding hydrogens is 338 g/mol. The van der Waals surface area contributed by atoms with E-state index < -0.39 is 0 Å². The highest BCUT2D eigenvalue weighted by Crippen LogP contribution is 2.19. The molecule has 1 aliphatic rings. The van der Waals surface area contributed by atoms with Crippen LogP contribution >= 0.6 is 0 Å². The summed E-state index contributed by atoms with van der Waals surface area (Å²) in [5.74, 6) is 0.843. The van der Waals surface area contributed by atoms with Crippen molar-refractivity contribution in [3.63, 3.8) is 0 Å². The van der Waals surface area contributed by atoms with Crippen molar-refractivity contribution in [3.8, 4) is 0 Å². The Morgan fingerprint density at radius 2 is 1.93 bits per heavy atom. The Balaban J connectivity index is 1.48. The molecule has 1 aromatic heterocycles. The van der Waals surface area contributed by atoms with E-state index in [9.17, 15) is 4.79 Å². The van der Waals surface area contributed by atoms with E-state index in [1.165, 1.54) is 18.4 Å². The predicted octanol–water partition coefficient (Wildman–Crippen LogP) is 3.86. The quantitative estimate of drug-likeness (QED) is 0.624. The van der Waals surface area contributed by atoms with Crippen LogP contribution in [0.5, 0.6) is 0 Å². The monoisotopic (exact) mass is 365 g/mol. The number of carbonyl (C=O) groups excluding carboxylic acids is 1. The van der Waals surface area contributed by atoms with Crippen LogP contribution in [0.2, 0.25) is 0 Å². The standard InChI is InChI=1S/C21H27N5O/c1-16-10-13-26(14-11-16)15-18-6-8-19(9-7-18)23-21(27)25-24-17(2)20-5-3-4-12-22-20/h3-9,12,16H,10-11,13-15H2,1-2H3,(H2,23,25,27)/b24-17+. The van der Waals surface area contributed by atoms with E-state index in [0.29, 0.717) is 5.71 Å². The molecule has 2 amide bonds. The SMILES string of the molecule is C/C(=N\NC(=O)Nc1ccc(CN2CCC(C)CC2)cc1)c1ccccn1. The predicted molar refractivity (Wildman–Crippen MR) is 109 cm³/mol. The van der Waals surface area contributed by atoms with Crippen LogP contribution in [-0.4, -0.2) is 34.7 Å². The number of carbonyl (C=O) groups is 1. The zero-order chi connectivity index (χ0) is 19.1. The minimum Gasteiger partial charge on any atom is -0.307 e. The van der Waals surface area contributed by atoms with E-state index in [1.807, 2.05) is 30.3 Å². The van der Waals surface area contributed by atoms with Crippen LogP contribution in [0.15, 0.2) is 53.8 Å². The number of rotatable bonds is 5. The molecule has 0 atom stereocenters. The number of anilines is 1. The molecule has 2 N–H and O–H groups in total. The van der Waals surface area contributed by atoms with Crippen LogP contribution in [0.1, 0.15) is 37.9 Å². The first-order chi connectivity index (χ1) is 13.1. The lowest BCUT2D eigenvalue weighted by Crippen LogP contribution is -2.32. The van der Waals surface area contributed by atoms with Crippen molar-refractivity contribution in [2.24, 2.45) is 11.0 Å². The molecule has 6 heteroatoms. The molecule has 27 heavy (non-hydrogen) atoms. The summed E-state index contributed by atoms with van der Waals surface area (Å²) < 4.78 is 0. The first-order valence-electron chi connectivity index (χ1n) is 9.44. The average molecular weight is 365 g/mol. The molecule has 1 fully saturated rings. The molecule has 1 aromatic carbocycles. The Bertz CT molecular complexity index is 765. The summed E-state index contributed by atoms with van der Waals surface area (Å²) >= 11 is 0. The number of hydrazone groups is 1. The van der Waals surface area contributed by atoms with Crippen molar-refractivity contribution in [1.29, 1.82) is 0 Å². The van der Waals surface area contributed by atoms with Gasteiger partial charge in [-0.2, -0.15) is 5.10 Å². The van der Waals surface area contributed by atoms with E-state index in [2.05, 4.69) is 44.8 Å². The molecular formula is C21H27N5O. The number of urea groups is 1. The van der Waals surface area contributed by atoms with Crippen molar-refractivity contribution in [2.75, 3.05) is 18.4 Å². The van der Waals surface area contributed by atoms with E-state index in [1.54, 1.807) is 13.1 Å². The fraction of sp³-hybridized carbons (Fsp3) is 0.381. The van der Waals surface area contributed by atoms with Gasteiger partial charge in [-0.05, 0) is 68.6 Å². The van der Waals surface area contributed by atoms with E-state index in [-0.39, 0.29) is 6.03 Å². The van der Waals surface area contributed by atoms with Crippen molar-refractivity contribution in [2.45, 2.75) is 33.2 Å². The van der Waals surface area contributed by atoms with Gasteiger partial charge in [-0.1, -0.05) is 25.1 Å². The van der Waals surface area contributed by atoms with Gasteiger partial charge in [0.05, 0.1) is 11.4 Å². The van der Waals surface area contributed by atoms with Gasteiger partial charge in [-0.15, -0.1) is 0 Å². The Kier molecular flexibility index (Phi) is 6.54. The highest BCUT2D eigenvalue weighted by Gasteiger charge is 2.15. The molecule has 0 unspecified atom stereocenters. The highest BCUT2D eigenvalue weighted by molar-refractivity contribution is 5.98. The zero-order valence-electron chi connectivity index (χ0n) is 16.0. The molecule has 2 heterocycles. The summed E-state index contributed by atoms with van der Waals surface area (Å²) in [6.07, 6.45) is 4.25. The summed E-state index contributed by atoms with van der Waals surface area (Å²) in [5, 5.41) is 6.87. The minimum atomic E-state index is -0.372. The van der Waals surface area contributed by atoms with Crippen LogP contribution in [0.4, 0.5) is 10.5 Å². The third-order valence-electron chi connectivity index (χ3n) is 4.85. The molecule has 2 aromatic rings. The Labute approximate surface area is 160 Å². The van der Waals surface area contributed by atoms with Crippen LogP contribution in [-0.2, 0) is 6.54 Å². The maximum absolute atomic E-state index is 12.0. The number of nitrogens with zero attached hydrogens (tertiary/aromatic N) is 3. The van der Waals surface area contributed by atoms with E-state index in [0.717, 1.165) is 36.9 Å². The summed E-state index contributed by atoms with van der Waals surface area (Å²) in [7, 11) is 0. The number of aromatic nitrogens is 1. The first-order valence-corrected chi connectivity index (χ1v) is 9.44. The molecule has 1 saturated heterocycles. The third kappa shape index (κ3) is 5.89. The molecule has 1 aliphatic heterocycles. The van der Waals surface area contributed by atoms with Gasteiger partial charge in [0.2, 0.25) is 0 Å². The Morgan fingerprint density at radius 1 is 1.19 bits per heavy atom. The lowest BCUT2D eigenvalue weighted by molar-refractivity contribution is 0.185. The second-order valence-corrected chi connectivity index (χ2v) is 7.13. The topological polar surface area (TPSA) is 69.6 Å². The highest BCUT2D eigenvalue weighted by atomic mass is 16.2. The normalized spacial score (nSPS) is 16.1. The van der Waals surface area contributed by atoms with Gasteiger partial charge in [-0.25, -0.2) is 10.2 Å². The lowest BCUT2D eigenvalue weighted by Gasteiger charge is -2.30. The first kappa shape index (κ1) is 19.0. The Morgan fingerprint density at radius 3 is 2.59 bits per heavy atom. The smallest absolute Gasteiger partial charge is 0.307 e. The second kappa shape index (κ2) is 9.28. The second-order valence-electron chi connectivity index (χ2n) is 7.13. The Hall–Kier alpha value is -2.73. The van der Waals surface area contributed by atoms with Gasteiger partial charge in [0.15, 0.2) is 0 Å². The van der Waals surface area contributed by atoms with Crippen LogP contribution in [0.3, 0.4) is 0 Å². The number of likely N-dealkylation sites (tertiary alicyclic amines) is 1. The largest absolute Gasteiger partial charge is 0.339 e. The molecule has 0 saturated carbocycles. The minimum absolute atomic E-state index is 0.372. The van der Waals surface area contributed by atoms with Crippen molar-refractivity contribution in [3.05, 3.63) is 59.9 Å². The van der Waals surface area contributed by atoms with E-state index >= 15 is 0 Å². The molecule has 0 bridgehead atoms. The molecule has 0 radical (unpaired) electrons.